The summed E-state index contributed by atoms with van der Waals surface area (Å²) in [5.41, 5.74) is 2.56. The zero-order chi connectivity index (χ0) is 17.3. The van der Waals surface area contributed by atoms with Crippen molar-refractivity contribution < 1.29 is 4.79 Å². The second-order valence-electron chi connectivity index (χ2n) is 7.20. The lowest BCUT2D eigenvalue weighted by Crippen LogP contribution is -2.27. The van der Waals surface area contributed by atoms with E-state index in [0.29, 0.717) is 18.0 Å². The van der Waals surface area contributed by atoms with Gasteiger partial charge in [-0.05, 0) is 59.8 Å². The van der Waals surface area contributed by atoms with E-state index in [1.807, 2.05) is 24.8 Å². The molecule has 6 nitrogen and oxygen atoms in total. The molecule has 0 bridgehead atoms. The topological polar surface area (TPSA) is 63.1 Å². The number of hydrogen-bond acceptors (Lipinski definition) is 4. The highest BCUT2D eigenvalue weighted by atomic mass is 16.1. The third kappa shape index (κ3) is 3.59. The number of aromatic nitrogens is 3. The second-order valence-corrected chi connectivity index (χ2v) is 7.20. The number of hydrogen-bond donors (Lipinski definition) is 1. The van der Waals surface area contributed by atoms with Crippen molar-refractivity contribution in [2.24, 2.45) is 0 Å². The minimum absolute atomic E-state index is 0.0219. The minimum atomic E-state index is -0.0219. The van der Waals surface area contributed by atoms with E-state index >= 15 is 0 Å². The van der Waals surface area contributed by atoms with Gasteiger partial charge in [-0.1, -0.05) is 0 Å². The molecule has 0 unspecified atom stereocenters. The molecule has 0 spiro atoms. The number of nitrogens with zero attached hydrogens (tertiary/aromatic N) is 4. The number of fused-ring (bicyclic) bond motifs is 1. The number of rotatable bonds is 7. The summed E-state index contributed by atoms with van der Waals surface area (Å²) in [6.07, 6.45) is 5.04. The fraction of sp³-hybridized carbons (Fsp3) is 0.611. The monoisotopic (exact) mass is 329 g/mol. The fourth-order valence-corrected chi connectivity index (χ4v) is 2.88. The van der Waals surface area contributed by atoms with E-state index in [0.717, 1.165) is 42.5 Å². The highest BCUT2D eigenvalue weighted by Crippen LogP contribution is 2.40. The van der Waals surface area contributed by atoms with Gasteiger partial charge in [-0.2, -0.15) is 5.10 Å². The molecule has 24 heavy (non-hydrogen) atoms. The normalized spacial score (nSPS) is 14.8. The first-order chi connectivity index (χ1) is 11.5. The van der Waals surface area contributed by atoms with Gasteiger partial charge in [0.1, 0.15) is 0 Å². The SMILES string of the molecule is CC(C)n1ncc2c(C(=O)NCCCN(C)C)cc(C3CC3)nc21. The predicted octanol–water partition coefficient (Wildman–Crippen LogP) is 2.57. The summed E-state index contributed by atoms with van der Waals surface area (Å²) in [5, 5.41) is 8.33. The molecule has 2 heterocycles. The quantitative estimate of drug-likeness (QED) is 0.793. The second kappa shape index (κ2) is 6.89. The Bertz CT molecular complexity index is 730. The molecule has 1 aliphatic carbocycles. The van der Waals surface area contributed by atoms with Crippen LogP contribution in [0.1, 0.15) is 61.1 Å². The van der Waals surface area contributed by atoms with Crippen molar-refractivity contribution in [1.82, 2.24) is 25.0 Å². The van der Waals surface area contributed by atoms with Crippen LogP contribution in [0.3, 0.4) is 0 Å². The lowest BCUT2D eigenvalue weighted by atomic mass is 10.1. The Kier molecular flexibility index (Phi) is 4.85. The van der Waals surface area contributed by atoms with Crippen LogP contribution in [-0.2, 0) is 0 Å². The van der Waals surface area contributed by atoms with Crippen LogP contribution in [0.25, 0.3) is 11.0 Å². The summed E-state index contributed by atoms with van der Waals surface area (Å²) in [6.45, 7) is 5.81. The summed E-state index contributed by atoms with van der Waals surface area (Å²) < 4.78 is 1.91. The molecule has 0 aliphatic heterocycles. The molecule has 1 amide bonds. The smallest absolute Gasteiger partial charge is 0.252 e. The van der Waals surface area contributed by atoms with Gasteiger partial charge in [-0.3, -0.25) is 4.79 Å². The maximum Gasteiger partial charge on any atom is 0.252 e. The molecular weight excluding hydrogens is 302 g/mol. The van der Waals surface area contributed by atoms with Crippen molar-refractivity contribution in [3.63, 3.8) is 0 Å². The molecule has 0 saturated heterocycles. The Hall–Kier alpha value is -1.95. The van der Waals surface area contributed by atoms with E-state index in [1.54, 1.807) is 6.20 Å². The number of amides is 1. The van der Waals surface area contributed by atoms with Crippen LogP contribution in [0.5, 0.6) is 0 Å². The Morgan fingerprint density at radius 2 is 2.17 bits per heavy atom. The highest BCUT2D eigenvalue weighted by molar-refractivity contribution is 6.05. The molecule has 1 aliphatic rings. The third-order valence-corrected chi connectivity index (χ3v) is 4.38. The van der Waals surface area contributed by atoms with Gasteiger partial charge in [-0.15, -0.1) is 0 Å². The number of carbonyl (C=O) groups is 1. The lowest BCUT2D eigenvalue weighted by Gasteiger charge is -2.12. The van der Waals surface area contributed by atoms with Crippen molar-refractivity contribution >= 4 is 16.9 Å². The van der Waals surface area contributed by atoms with Gasteiger partial charge in [0.05, 0.1) is 17.1 Å². The summed E-state index contributed by atoms with van der Waals surface area (Å²) >= 11 is 0. The molecule has 0 atom stereocenters. The first-order valence-electron chi connectivity index (χ1n) is 8.78. The van der Waals surface area contributed by atoms with Gasteiger partial charge in [0.25, 0.3) is 5.91 Å². The van der Waals surface area contributed by atoms with Gasteiger partial charge in [0.2, 0.25) is 0 Å². The molecule has 3 rings (SSSR count). The van der Waals surface area contributed by atoms with Gasteiger partial charge in [0.15, 0.2) is 5.65 Å². The summed E-state index contributed by atoms with van der Waals surface area (Å²) in [5.74, 6) is 0.483. The number of carbonyl (C=O) groups excluding carboxylic acids is 1. The van der Waals surface area contributed by atoms with Crippen LogP contribution < -0.4 is 5.32 Å². The molecule has 2 aromatic heterocycles. The zero-order valence-corrected chi connectivity index (χ0v) is 15.0. The Morgan fingerprint density at radius 3 is 2.79 bits per heavy atom. The van der Waals surface area contributed by atoms with Crippen LogP contribution in [0.2, 0.25) is 0 Å². The van der Waals surface area contributed by atoms with Crippen molar-refractivity contribution in [3.8, 4) is 0 Å². The zero-order valence-electron chi connectivity index (χ0n) is 15.0. The van der Waals surface area contributed by atoms with Crippen LogP contribution in [0, 0.1) is 0 Å². The van der Waals surface area contributed by atoms with E-state index in [4.69, 9.17) is 4.98 Å². The van der Waals surface area contributed by atoms with E-state index in [9.17, 15) is 4.79 Å². The predicted molar refractivity (Wildman–Crippen MR) is 95.4 cm³/mol. The largest absolute Gasteiger partial charge is 0.352 e. The molecule has 0 radical (unpaired) electrons. The Labute approximate surface area is 143 Å². The first kappa shape index (κ1) is 16.9. The van der Waals surface area contributed by atoms with E-state index in [2.05, 4.69) is 29.2 Å². The molecule has 1 fully saturated rings. The van der Waals surface area contributed by atoms with Gasteiger partial charge in [0, 0.05) is 24.2 Å². The maximum atomic E-state index is 12.7. The summed E-state index contributed by atoms with van der Waals surface area (Å²) in [6, 6.07) is 2.19. The Balaban J connectivity index is 1.87. The molecule has 0 aromatic carbocycles. The van der Waals surface area contributed by atoms with Crippen molar-refractivity contribution in [2.75, 3.05) is 27.2 Å². The van der Waals surface area contributed by atoms with Crippen LogP contribution in [0.4, 0.5) is 0 Å². The standard InChI is InChI=1S/C18H27N5O/c1-12(2)23-17-15(11-20-23)14(10-16(21-17)13-6-7-13)18(24)19-8-5-9-22(3)4/h10-13H,5-9H2,1-4H3,(H,19,24). The Morgan fingerprint density at radius 1 is 1.42 bits per heavy atom. The summed E-state index contributed by atoms with van der Waals surface area (Å²) in [4.78, 5) is 19.6. The van der Waals surface area contributed by atoms with Crippen molar-refractivity contribution in [2.45, 2.75) is 45.1 Å². The highest BCUT2D eigenvalue weighted by Gasteiger charge is 2.28. The van der Waals surface area contributed by atoms with E-state index < -0.39 is 0 Å². The maximum absolute atomic E-state index is 12.7. The van der Waals surface area contributed by atoms with Crippen LogP contribution in [-0.4, -0.2) is 52.8 Å². The fourth-order valence-electron chi connectivity index (χ4n) is 2.88. The minimum Gasteiger partial charge on any atom is -0.352 e. The van der Waals surface area contributed by atoms with Crippen molar-refractivity contribution in [3.05, 3.63) is 23.5 Å². The molecule has 1 saturated carbocycles. The average Bonchev–Trinajstić information content (AvgIpc) is 3.29. The van der Waals surface area contributed by atoms with Gasteiger partial charge in [-0.25, -0.2) is 9.67 Å². The molecule has 1 N–H and O–H groups in total. The van der Waals surface area contributed by atoms with E-state index in [1.165, 1.54) is 0 Å². The van der Waals surface area contributed by atoms with Gasteiger partial charge >= 0.3 is 0 Å². The van der Waals surface area contributed by atoms with Gasteiger partial charge < -0.3 is 10.2 Å². The summed E-state index contributed by atoms with van der Waals surface area (Å²) in [7, 11) is 4.08. The molecule has 2 aromatic rings. The number of nitrogens with one attached hydrogen (secondary N) is 1. The molecule has 130 valence electrons. The van der Waals surface area contributed by atoms with Crippen LogP contribution in [0.15, 0.2) is 12.3 Å². The number of pyridine rings is 1. The third-order valence-electron chi connectivity index (χ3n) is 4.38. The lowest BCUT2D eigenvalue weighted by molar-refractivity contribution is 0.0954. The van der Waals surface area contributed by atoms with Crippen LogP contribution >= 0.6 is 0 Å². The molecular formula is C18H27N5O. The first-order valence-corrected chi connectivity index (χ1v) is 8.78. The van der Waals surface area contributed by atoms with E-state index in [-0.39, 0.29) is 11.9 Å². The molecule has 6 heteroatoms. The average molecular weight is 329 g/mol. The van der Waals surface area contributed by atoms with Crippen molar-refractivity contribution in [1.29, 1.82) is 0 Å².